The highest BCUT2D eigenvalue weighted by Gasteiger charge is 2.18. The van der Waals surface area contributed by atoms with Crippen LogP contribution in [-0.4, -0.2) is 13.1 Å². The van der Waals surface area contributed by atoms with Crippen LogP contribution in [0.1, 0.15) is 29.5 Å². The van der Waals surface area contributed by atoms with E-state index in [-0.39, 0.29) is 0 Å². The third-order valence-corrected chi connectivity index (χ3v) is 3.41. The second-order valence-electron chi connectivity index (χ2n) is 4.59. The van der Waals surface area contributed by atoms with Crippen molar-refractivity contribution in [3.05, 3.63) is 22.8 Å². The first-order chi connectivity index (χ1) is 7.11. The van der Waals surface area contributed by atoms with Crippen molar-refractivity contribution in [1.82, 2.24) is 0 Å². The third kappa shape index (κ3) is 1.69. The molecule has 0 aliphatic carbocycles. The van der Waals surface area contributed by atoms with E-state index in [2.05, 4.69) is 31.7 Å². The zero-order valence-corrected chi connectivity index (χ0v) is 9.93. The van der Waals surface area contributed by atoms with Gasteiger partial charge in [-0.3, -0.25) is 0 Å². The lowest BCUT2D eigenvalue weighted by molar-refractivity contribution is 0.949. The number of aryl methyl sites for hydroxylation is 2. The summed E-state index contributed by atoms with van der Waals surface area (Å²) < 4.78 is 0. The van der Waals surface area contributed by atoms with Gasteiger partial charge in [0, 0.05) is 24.5 Å². The molecule has 0 saturated carbocycles. The Kier molecular flexibility index (Phi) is 2.59. The molecule has 0 radical (unpaired) electrons. The van der Waals surface area contributed by atoms with Crippen molar-refractivity contribution in [2.75, 3.05) is 23.7 Å². The number of nitrogen functional groups attached to an aromatic ring is 1. The molecule has 0 unspecified atom stereocenters. The first-order valence-corrected chi connectivity index (χ1v) is 5.72. The van der Waals surface area contributed by atoms with Crippen molar-refractivity contribution >= 4 is 11.4 Å². The maximum Gasteiger partial charge on any atom is 0.0446 e. The molecule has 2 nitrogen and oxygen atoms in total. The summed E-state index contributed by atoms with van der Waals surface area (Å²) in [6.45, 7) is 8.79. The Labute approximate surface area is 92.1 Å². The van der Waals surface area contributed by atoms with E-state index in [0.717, 1.165) is 5.69 Å². The van der Waals surface area contributed by atoms with E-state index in [1.165, 1.54) is 48.3 Å². The van der Waals surface area contributed by atoms with E-state index in [1.807, 2.05) is 0 Å². The van der Waals surface area contributed by atoms with Gasteiger partial charge in [-0.25, -0.2) is 0 Å². The van der Waals surface area contributed by atoms with Crippen LogP contribution in [0.2, 0.25) is 0 Å². The average molecular weight is 204 g/mol. The Balaban J connectivity index is 2.50. The van der Waals surface area contributed by atoms with E-state index < -0.39 is 0 Å². The number of rotatable bonds is 1. The highest BCUT2D eigenvalue weighted by atomic mass is 15.1. The van der Waals surface area contributed by atoms with Crippen molar-refractivity contribution in [1.29, 1.82) is 0 Å². The molecule has 0 spiro atoms. The molecule has 1 heterocycles. The predicted octanol–water partition coefficient (Wildman–Crippen LogP) is 2.79. The predicted molar refractivity (Wildman–Crippen MR) is 66.5 cm³/mol. The lowest BCUT2D eigenvalue weighted by Gasteiger charge is -2.24. The van der Waals surface area contributed by atoms with Gasteiger partial charge < -0.3 is 10.6 Å². The molecule has 1 aliphatic heterocycles. The zero-order chi connectivity index (χ0) is 11.0. The minimum atomic E-state index is 0.961. The summed E-state index contributed by atoms with van der Waals surface area (Å²) in [7, 11) is 0. The Morgan fingerprint density at radius 3 is 2.27 bits per heavy atom. The minimum absolute atomic E-state index is 0.961. The molecule has 0 aromatic heterocycles. The van der Waals surface area contributed by atoms with Crippen molar-refractivity contribution in [2.24, 2.45) is 0 Å². The van der Waals surface area contributed by atoms with Gasteiger partial charge in [0.15, 0.2) is 0 Å². The molecule has 2 rings (SSSR count). The summed E-state index contributed by atoms with van der Waals surface area (Å²) in [5.74, 6) is 0. The summed E-state index contributed by atoms with van der Waals surface area (Å²) in [5, 5.41) is 0. The summed E-state index contributed by atoms with van der Waals surface area (Å²) >= 11 is 0. The van der Waals surface area contributed by atoms with Gasteiger partial charge in [-0.1, -0.05) is 6.07 Å². The second kappa shape index (κ2) is 3.76. The van der Waals surface area contributed by atoms with E-state index in [9.17, 15) is 0 Å². The Hall–Kier alpha value is -1.18. The Morgan fingerprint density at radius 1 is 1.07 bits per heavy atom. The molecular formula is C13H20N2. The summed E-state index contributed by atoms with van der Waals surface area (Å²) in [6.07, 6.45) is 2.62. The molecule has 2 N–H and O–H groups in total. The molecule has 1 aromatic carbocycles. The number of hydrogen-bond acceptors (Lipinski definition) is 2. The van der Waals surface area contributed by atoms with E-state index in [0.29, 0.717) is 0 Å². The highest BCUT2D eigenvalue weighted by molar-refractivity contribution is 5.71. The molecular weight excluding hydrogens is 184 g/mol. The number of nitrogens with two attached hydrogens (primary N) is 1. The highest BCUT2D eigenvalue weighted by Crippen LogP contribution is 2.33. The van der Waals surface area contributed by atoms with Crippen LogP contribution in [0.4, 0.5) is 11.4 Å². The van der Waals surface area contributed by atoms with Crippen LogP contribution in [0, 0.1) is 20.8 Å². The first kappa shape index (κ1) is 10.3. The normalized spacial score (nSPS) is 16.1. The lowest BCUT2D eigenvalue weighted by atomic mass is 10.0. The molecule has 1 fully saturated rings. The molecule has 2 heteroatoms. The molecule has 0 bridgehead atoms. The fourth-order valence-electron chi connectivity index (χ4n) is 2.62. The molecule has 15 heavy (non-hydrogen) atoms. The SMILES string of the molecule is Cc1cc(C)c(N2CCCC2)c(C)c1N. The summed E-state index contributed by atoms with van der Waals surface area (Å²) in [4.78, 5) is 2.47. The van der Waals surface area contributed by atoms with Gasteiger partial charge in [0.1, 0.15) is 0 Å². The Morgan fingerprint density at radius 2 is 1.67 bits per heavy atom. The maximum absolute atomic E-state index is 6.09. The van der Waals surface area contributed by atoms with Crippen molar-refractivity contribution < 1.29 is 0 Å². The fourth-order valence-corrected chi connectivity index (χ4v) is 2.62. The van der Waals surface area contributed by atoms with Gasteiger partial charge in [-0.2, -0.15) is 0 Å². The molecule has 1 saturated heterocycles. The zero-order valence-electron chi connectivity index (χ0n) is 9.93. The Bertz CT molecular complexity index is 377. The molecule has 1 aliphatic rings. The molecule has 1 aromatic rings. The quantitative estimate of drug-likeness (QED) is 0.713. The minimum Gasteiger partial charge on any atom is -0.398 e. The van der Waals surface area contributed by atoms with Crippen LogP contribution in [0.25, 0.3) is 0 Å². The first-order valence-electron chi connectivity index (χ1n) is 5.72. The van der Waals surface area contributed by atoms with E-state index in [4.69, 9.17) is 5.73 Å². The van der Waals surface area contributed by atoms with Gasteiger partial charge in [0.05, 0.1) is 0 Å². The van der Waals surface area contributed by atoms with E-state index >= 15 is 0 Å². The third-order valence-electron chi connectivity index (χ3n) is 3.41. The van der Waals surface area contributed by atoms with Crippen LogP contribution >= 0.6 is 0 Å². The van der Waals surface area contributed by atoms with Crippen LogP contribution in [-0.2, 0) is 0 Å². The van der Waals surface area contributed by atoms with E-state index in [1.54, 1.807) is 0 Å². The lowest BCUT2D eigenvalue weighted by Crippen LogP contribution is -2.20. The van der Waals surface area contributed by atoms with Gasteiger partial charge in [0.25, 0.3) is 0 Å². The second-order valence-corrected chi connectivity index (χ2v) is 4.59. The van der Waals surface area contributed by atoms with Gasteiger partial charge in [-0.05, 0) is 50.3 Å². The number of anilines is 2. The molecule has 0 amide bonds. The summed E-state index contributed by atoms with van der Waals surface area (Å²) in [5.41, 5.74) is 12.2. The fraction of sp³-hybridized carbons (Fsp3) is 0.538. The van der Waals surface area contributed by atoms with Crippen LogP contribution < -0.4 is 10.6 Å². The number of nitrogens with zero attached hydrogens (tertiary/aromatic N) is 1. The van der Waals surface area contributed by atoms with Crippen LogP contribution in [0.15, 0.2) is 6.07 Å². The smallest absolute Gasteiger partial charge is 0.0446 e. The molecule has 82 valence electrons. The van der Waals surface area contributed by atoms with Crippen LogP contribution in [0.3, 0.4) is 0 Å². The van der Waals surface area contributed by atoms with Gasteiger partial charge in [0.2, 0.25) is 0 Å². The molecule has 0 atom stereocenters. The number of hydrogen-bond donors (Lipinski definition) is 1. The van der Waals surface area contributed by atoms with Gasteiger partial charge >= 0.3 is 0 Å². The van der Waals surface area contributed by atoms with Crippen molar-refractivity contribution in [2.45, 2.75) is 33.6 Å². The largest absolute Gasteiger partial charge is 0.398 e. The topological polar surface area (TPSA) is 29.3 Å². The van der Waals surface area contributed by atoms with Gasteiger partial charge in [-0.15, -0.1) is 0 Å². The average Bonchev–Trinajstić information content (AvgIpc) is 2.68. The monoisotopic (exact) mass is 204 g/mol. The summed E-state index contributed by atoms with van der Waals surface area (Å²) in [6, 6.07) is 2.20. The standard InChI is InChI=1S/C13H20N2/c1-9-8-10(2)13(11(3)12(9)14)15-6-4-5-7-15/h8H,4-7,14H2,1-3H3. The number of benzene rings is 1. The van der Waals surface area contributed by atoms with Crippen LogP contribution in [0.5, 0.6) is 0 Å². The van der Waals surface area contributed by atoms with Crippen molar-refractivity contribution in [3.8, 4) is 0 Å². The van der Waals surface area contributed by atoms with Crippen molar-refractivity contribution in [3.63, 3.8) is 0 Å². The maximum atomic E-state index is 6.09.